The largest absolute Gasteiger partial charge is 0.0683 e. The van der Waals surface area contributed by atoms with Crippen molar-refractivity contribution in [1.82, 2.24) is 0 Å². The quantitative estimate of drug-likeness (QED) is 0.234. The zero-order valence-electron chi connectivity index (χ0n) is 30.2. The standard InChI is InChI=1S/C27H24.7C2H6/c1-19-10-4-7-13-25(19)22-16-23(26-14-8-5-11-20(26)2)18-24(17-22)27-15-9-6-12-21(27)3;7*1-2/h4-18H,1-3H3;7*1-2H3. The van der Waals surface area contributed by atoms with Gasteiger partial charge in [-0.15, -0.1) is 0 Å². The summed E-state index contributed by atoms with van der Waals surface area (Å²) in [4.78, 5) is 0. The van der Waals surface area contributed by atoms with Gasteiger partial charge in [0.15, 0.2) is 0 Å². The van der Waals surface area contributed by atoms with Crippen molar-refractivity contribution < 1.29 is 0 Å². The van der Waals surface area contributed by atoms with Gasteiger partial charge in [0.25, 0.3) is 0 Å². The highest BCUT2D eigenvalue weighted by molar-refractivity contribution is 5.83. The van der Waals surface area contributed by atoms with Crippen molar-refractivity contribution in [2.75, 3.05) is 0 Å². The van der Waals surface area contributed by atoms with Gasteiger partial charge in [0.2, 0.25) is 0 Å². The van der Waals surface area contributed by atoms with E-state index in [0.29, 0.717) is 0 Å². The summed E-state index contributed by atoms with van der Waals surface area (Å²) in [6.45, 7) is 34.6. The lowest BCUT2D eigenvalue weighted by Crippen LogP contribution is -1.90. The molecule has 41 heavy (non-hydrogen) atoms. The molecule has 0 aliphatic rings. The fourth-order valence-corrected chi connectivity index (χ4v) is 3.78. The van der Waals surface area contributed by atoms with Crippen LogP contribution in [0.4, 0.5) is 0 Å². The molecule has 0 spiro atoms. The molecular formula is C41H66. The van der Waals surface area contributed by atoms with Crippen LogP contribution in [-0.2, 0) is 0 Å². The van der Waals surface area contributed by atoms with E-state index < -0.39 is 0 Å². The van der Waals surface area contributed by atoms with Gasteiger partial charge in [-0.3, -0.25) is 0 Å². The predicted molar refractivity (Wildman–Crippen MR) is 196 cm³/mol. The number of benzene rings is 4. The summed E-state index contributed by atoms with van der Waals surface area (Å²) >= 11 is 0. The summed E-state index contributed by atoms with van der Waals surface area (Å²) in [5.74, 6) is 0. The Balaban J connectivity index is -0.000000430. The van der Waals surface area contributed by atoms with E-state index in [-0.39, 0.29) is 0 Å². The second-order valence-electron chi connectivity index (χ2n) is 7.24. The Morgan fingerprint density at radius 2 is 0.439 bits per heavy atom. The van der Waals surface area contributed by atoms with Gasteiger partial charge >= 0.3 is 0 Å². The normalized spacial score (nSPS) is 8.12. The molecule has 4 aromatic rings. The van der Waals surface area contributed by atoms with E-state index in [2.05, 4.69) is 112 Å². The molecule has 0 saturated carbocycles. The lowest BCUT2D eigenvalue weighted by molar-refractivity contribution is 1.42. The van der Waals surface area contributed by atoms with E-state index in [0.717, 1.165) is 0 Å². The van der Waals surface area contributed by atoms with Crippen LogP contribution < -0.4 is 0 Å². The monoisotopic (exact) mass is 559 g/mol. The third-order valence-corrected chi connectivity index (χ3v) is 5.30. The van der Waals surface area contributed by atoms with Gasteiger partial charge < -0.3 is 0 Å². The van der Waals surface area contributed by atoms with Crippen LogP contribution in [0.15, 0.2) is 91.0 Å². The second-order valence-corrected chi connectivity index (χ2v) is 7.24. The van der Waals surface area contributed by atoms with E-state index in [4.69, 9.17) is 0 Å². The molecule has 230 valence electrons. The number of hydrogen-bond donors (Lipinski definition) is 0. The number of rotatable bonds is 3. The van der Waals surface area contributed by atoms with Gasteiger partial charge in [-0.05, 0) is 89.0 Å². The Labute approximate surface area is 258 Å². The highest BCUT2D eigenvalue weighted by atomic mass is 14.1. The maximum Gasteiger partial charge on any atom is -0.0154 e. The van der Waals surface area contributed by atoms with Crippen LogP contribution in [0.5, 0.6) is 0 Å². The molecular weight excluding hydrogens is 492 g/mol. The smallest absolute Gasteiger partial charge is 0.0154 e. The van der Waals surface area contributed by atoms with E-state index in [9.17, 15) is 0 Å². The molecule has 0 aliphatic heterocycles. The molecule has 0 aliphatic carbocycles. The van der Waals surface area contributed by atoms with Gasteiger partial charge in [-0.1, -0.05) is 170 Å². The Morgan fingerprint density at radius 3 is 0.610 bits per heavy atom. The zero-order chi connectivity index (χ0) is 32.8. The first-order valence-corrected chi connectivity index (χ1v) is 16.5. The van der Waals surface area contributed by atoms with Crippen molar-refractivity contribution in [2.45, 2.75) is 118 Å². The van der Waals surface area contributed by atoms with Gasteiger partial charge in [0.05, 0.1) is 0 Å². The molecule has 4 rings (SSSR count). The Hall–Kier alpha value is -3.12. The van der Waals surface area contributed by atoms with Crippen molar-refractivity contribution in [3.05, 3.63) is 108 Å². The highest BCUT2D eigenvalue weighted by Crippen LogP contribution is 2.35. The van der Waals surface area contributed by atoms with Crippen LogP contribution in [0, 0.1) is 20.8 Å². The second kappa shape index (κ2) is 31.4. The third kappa shape index (κ3) is 15.5. The Morgan fingerprint density at radius 1 is 0.268 bits per heavy atom. The number of hydrogen-bond acceptors (Lipinski definition) is 0. The average Bonchev–Trinajstić information content (AvgIpc) is 3.08. The molecule has 0 heterocycles. The van der Waals surface area contributed by atoms with Crippen LogP contribution in [0.2, 0.25) is 0 Å². The SMILES string of the molecule is CC.CC.CC.CC.CC.CC.CC.Cc1ccccc1-c1cc(-c2ccccc2C)cc(-c2ccccc2C)c1. The summed E-state index contributed by atoms with van der Waals surface area (Å²) in [7, 11) is 0. The Kier molecular flexibility index (Phi) is 34.4. The predicted octanol–water partition coefficient (Wildman–Crippen LogP) is 14.8. The van der Waals surface area contributed by atoms with Crippen molar-refractivity contribution in [2.24, 2.45) is 0 Å². The molecule has 4 aromatic carbocycles. The van der Waals surface area contributed by atoms with E-state index in [1.54, 1.807) is 0 Å². The van der Waals surface area contributed by atoms with E-state index in [1.807, 2.05) is 96.9 Å². The van der Waals surface area contributed by atoms with Gasteiger partial charge in [0, 0.05) is 0 Å². The highest BCUT2D eigenvalue weighted by Gasteiger charge is 2.11. The molecule has 0 atom stereocenters. The summed E-state index contributed by atoms with van der Waals surface area (Å²) < 4.78 is 0. The molecule has 0 heteroatoms. The van der Waals surface area contributed by atoms with Crippen LogP contribution in [0.25, 0.3) is 33.4 Å². The first-order valence-electron chi connectivity index (χ1n) is 16.5. The van der Waals surface area contributed by atoms with E-state index in [1.165, 1.54) is 50.1 Å². The minimum atomic E-state index is 1.27. The molecule has 0 saturated heterocycles. The van der Waals surface area contributed by atoms with Crippen LogP contribution >= 0.6 is 0 Å². The lowest BCUT2D eigenvalue weighted by Gasteiger charge is -2.15. The molecule has 0 nitrogen and oxygen atoms in total. The fraction of sp³-hybridized carbons (Fsp3) is 0.415. The first kappa shape index (κ1) is 44.9. The molecule has 0 N–H and O–H groups in total. The maximum absolute atomic E-state index is 2.33. The molecule has 0 aromatic heterocycles. The Bertz CT molecular complexity index is 948. The first-order chi connectivity index (χ1) is 20.1. The fourth-order valence-electron chi connectivity index (χ4n) is 3.78. The van der Waals surface area contributed by atoms with Crippen LogP contribution in [-0.4, -0.2) is 0 Å². The molecule has 0 radical (unpaired) electrons. The van der Waals surface area contributed by atoms with Crippen LogP contribution in [0.1, 0.15) is 114 Å². The van der Waals surface area contributed by atoms with Crippen molar-refractivity contribution >= 4 is 0 Å². The van der Waals surface area contributed by atoms with E-state index >= 15 is 0 Å². The lowest BCUT2D eigenvalue weighted by atomic mass is 9.89. The topological polar surface area (TPSA) is 0 Å². The molecule has 0 fully saturated rings. The average molecular weight is 559 g/mol. The van der Waals surface area contributed by atoms with Crippen LogP contribution in [0.3, 0.4) is 0 Å². The third-order valence-electron chi connectivity index (χ3n) is 5.30. The molecule has 0 unspecified atom stereocenters. The molecule has 0 amide bonds. The number of aryl methyl sites for hydroxylation is 3. The van der Waals surface area contributed by atoms with Gasteiger partial charge in [-0.2, -0.15) is 0 Å². The summed E-state index contributed by atoms with van der Waals surface area (Å²) in [6, 6.07) is 32.9. The minimum Gasteiger partial charge on any atom is -0.0683 e. The van der Waals surface area contributed by atoms with Crippen molar-refractivity contribution in [3.8, 4) is 33.4 Å². The van der Waals surface area contributed by atoms with Crippen molar-refractivity contribution in [3.63, 3.8) is 0 Å². The van der Waals surface area contributed by atoms with Crippen molar-refractivity contribution in [1.29, 1.82) is 0 Å². The summed E-state index contributed by atoms with van der Waals surface area (Å²) in [5, 5.41) is 0. The minimum absolute atomic E-state index is 1.27. The molecule has 0 bridgehead atoms. The maximum atomic E-state index is 2.33. The zero-order valence-corrected chi connectivity index (χ0v) is 30.2. The van der Waals surface area contributed by atoms with Gasteiger partial charge in [0.1, 0.15) is 0 Å². The summed E-state index contributed by atoms with van der Waals surface area (Å²) in [5.41, 5.74) is 11.6. The summed E-state index contributed by atoms with van der Waals surface area (Å²) in [6.07, 6.45) is 0. The van der Waals surface area contributed by atoms with Gasteiger partial charge in [-0.25, -0.2) is 0 Å².